The van der Waals surface area contributed by atoms with Crippen molar-refractivity contribution >= 4 is 46.1 Å². The van der Waals surface area contributed by atoms with Crippen LogP contribution in [0, 0.1) is 5.92 Å². The minimum Gasteiger partial charge on any atom is -0.453 e. The van der Waals surface area contributed by atoms with Gasteiger partial charge in [-0.25, -0.2) is 17.9 Å². The third-order valence-electron chi connectivity index (χ3n) is 4.97. The second-order valence-corrected chi connectivity index (χ2v) is 8.77. The molecule has 2 rings (SSSR count). The van der Waals surface area contributed by atoms with Crippen molar-refractivity contribution in [1.29, 1.82) is 0 Å². The Labute approximate surface area is 179 Å². The van der Waals surface area contributed by atoms with Crippen LogP contribution >= 0.6 is 24.0 Å². The number of halogens is 1. The number of nitrogens with zero attached hydrogens (tertiary/aromatic N) is 2. The maximum absolute atomic E-state index is 12.0. The summed E-state index contributed by atoms with van der Waals surface area (Å²) in [4.78, 5) is 17.3. The van der Waals surface area contributed by atoms with Gasteiger partial charge >= 0.3 is 6.09 Å². The smallest absolute Gasteiger partial charge is 0.409 e. The van der Waals surface area contributed by atoms with E-state index in [1.165, 1.54) is 13.5 Å². The van der Waals surface area contributed by atoms with Gasteiger partial charge in [0.05, 0.1) is 12.9 Å². The van der Waals surface area contributed by atoms with E-state index in [1.807, 2.05) is 0 Å². The average Bonchev–Trinajstić information content (AvgIpc) is 2.59. The van der Waals surface area contributed by atoms with Crippen LogP contribution in [-0.4, -0.2) is 77.5 Å². The van der Waals surface area contributed by atoms with Gasteiger partial charge in [-0.1, -0.05) is 6.42 Å². The van der Waals surface area contributed by atoms with E-state index in [0.29, 0.717) is 38.1 Å². The molecule has 0 aromatic rings. The van der Waals surface area contributed by atoms with Gasteiger partial charge in [-0.2, -0.15) is 0 Å². The van der Waals surface area contributed by atoms with Crippen LogP contribution in [-0.2, 0) is 14.8 Å². The molecule has 0 spiro atoms. The number of ether oxygens (including phenoxy) is 1. The molecule has 1 saturated carbocycles. The molecule has 0 aromatic heterocycles. The summed E-state index contributed by atoms with van der Waals surface area (Å²) in [5.41, 5.74) is 0. The summed E-state index contributed by atoms with van der Waals surface area (Å²) in [7, 11) is -0.225. The largest absolute Gasteiger partial charge is 0.453 e. The molecule has 11 heteroatoms. The van der Waals surface area contributed by atoms with Crippen molar-refractivity contribution in [2.75, 3.05) is 46.1 Å². The molecule has 1 saturated heterocycles. The zero-order chi connectivity index (χ0) is 19.0. The molecule has 0 atom stereocenters. The number of methoxy groups -OCH3 is 1. The minimum absolute atomic E-state index is 0. The Morgan fingerprint density at radius 2 is 1.89 bits per heavy atom. The van der Waals surface area contributed by atoms with E-state index in [1.54, 1.807) is 11.9 Å². The number of piperidine rings is 1. The Morgan fingerprint density at radius 3 is 2.41 bits per heavy atom. The predicted octanol–water partition coefficient (Wildman–Crippen LogP) is 0.720. The third-order valence-corrected chi connectivity index (χ3v) is 6.32. The van der Waals surface area contributed by atoms with Gasteiger partial charge in [0.15, 0.2) is 5.96 Å². The molecule has 2 aliphatic rings. The highest BCUT2D eigenvalue weighted by atomic mass is 127. The van der Waals surface area contributed by atoms with Gasteiger partial charge < -0.3 is 20.3 Å². The molecule has 1 amide bonds. The van der Waals surface area contributed by atoms with Crippen LogP contribution in [0.2, 0.25) is 0 Å². The maximum atomic E-state index is 12.0. The summed E-state index contributed by atoms with van der Waals surface area (Å²) in [5, 5.41) is 6.33. The van der Waals surface area contributed by atoms with Crippen molar-refractivity contribution in [2.45, 2.75) is 38.1 Å². The number of likely N-dealkylation sites (tertiary alicyclic amines) is 1. The first kappa shape index (κ1) is 24.2. The number of hydrogen-bond donors (Lipinski definition) is 3. The second kappa shape index (κ2) is 11.9. The van der Waals surface area contributed by atoms with Crippen LogP contribution in [0.4, 0.5) is 4.79 Å². The van der Waals surface area contributed by atoms with Crippen LogP contribution < -0.4 is 15.4 Å². The van der Waals surface area contributed by atoms with E-state index in [-0.39, 0.29) is 41.9 Å². The molecule has 158 valence electrons. The van der Waals surface area contributed by atoms with E-state index < -0.39 is 10.0 Å². The first-order chi connectivity index (χ1) is 12.4. The quantitative estimate of drug-likeness (QED) is 0.261. The summed E-state index contributed by atoms with van der Waals surface area (Å²) in [6, 6.07) is 0.190. The molecule has 3 N–H and O–H groups in total. The van der Waals surface area contributed by atoms with Crippen molar-refractivity contribution < 1.29 is 17.9 Å². The molecule has 0 bridgehead atoms. The number of guanidine groups is 1. The molecular weight excluding hydrogens is 485 g/mol. The van der Waals surface area contributed by atoms with Crippen LogP contribution in [0.25, 0.3) is 0 Å². The molecule has 1 aliphatic heterocycles. The first-order valence-electron chi connectivity index (χ1n) is 9.21. The van der Waals surface area contributed by atoms with Crippen molar-refractivity contribution in [3.8, 4) is 0 Å². The maximum Gasteiger partial charge on any atom is 0.409 e. The van der Waals surface area contributed by atoms with Gasteiger partial charge in [0.1, 0.15) is 0 Å². The van der Waals surface area contributed by atoms with E-state index in [9.17, 15) is 13.2 Å². The Kier molecular flexibility index (Phi) is 10.7. The van der Waals surface area contributed by atoms with Gasteiger partial charge in [0.25, 0.3) is 0 Å². The first-order valence-corrected chi connectivity index (χ1v) is 10.9. The fourth-order valence-electron chi connectivity index (χ4n) is 3.04. The van der Waals surface area contributed by atoms with Crippen LogP contribution in [0.1, 0.15) is 32.1 Å². The molecule has 27 heavy (non-hydrogen) atoms. The molecule has 0 aromatic carbocycles. The molecule has 0 unspecified atom stereocenters. The van der Waals surface area contributed by atoms with Crippen LogP contribution in [0.3, 0.4) is 0 Å². The van der Waals surface area contributed by atoms with Gasteiger partial charge in [0.2, 0.25) is 10.0 Å². The number of carbonyl (C=O) groups excluding carboxylic acids is 1. The van der Waals surface area contributed by atoms with E-state index in [2.05, 4.69) is 20.3 Å². The number of aliphatic imine (C=N–C) groups is 1. The molecule has 0 radical (unpaired) electrons. The normalized spacial score (nSPS) is 19.0. The van der Waals surface area contributed by atoms with Gasteiger partial charge in [0, 0.05) is 39.3 Å². The topological polar surface area (TPSA) is 112 Å². The number of hydrogen-bond acceptors (Lipinski definition) is 5. The lowest BCUT2D eigenvalue weighted by molar-refractivity contribution is 0.111. The highest BCUT2D eigenvalue weighted by molar-refractivity contribution is 14.0. The number of nitrogens with one attached hydrogen (secondary N) is 3. The number of rotatable bonds is 7. The van der Waals surface area contributed by atoms with Crippen molar-refractivity contribution in [3.05, 3.63) is 0 Å². The standard InChI is InChI=1S/C16H31N5O4S.HI/c1-17-15(20-14-6-9-21(10-7-14)16(22)25-2)18-8-11-26(23,24)19-12-13-4-3-5-13;/h13-14,19H,3-12H2,1-2H3,(H2,17,18,20);1H. The third kappa shape index (κ3) is 8.38. The SMILES string of the molecule is CN=C(NCCS(=O)(=O)NCC1CCC1)NC1CCN(C(=O)OC)CC1.I. The van der Waals surface area contributed by atoms with Crippen molar-refractivity contribution in [3.63, 3.8) is 0 Å². The number of amides is 1. The monoisotopic (exact) mass is 517 g/mol. The van der Waals surface area contributed by atoms with Gasteiger partial charge in [-0.05, 0) is 31.6 Å². The summed E-state index contributed by atoms with van der Waals surface area (Å²) in [5.74, 6) is 1.10. The second-order valence-electron chi connectivity index (χ2n) is 6.84. The van der Waals surface area contributed by atoms with E-state index in [0.717, 1.165) is 25.7 Å². The Bertz CT molecular complexity index is 590. The summed E-state index contributed by atoms with van der Waals surface area (Å²) >= 11 is 0. The van der Waals surface area contributed by atoms with Crippen molar-refractivity contribution in [2.24, 2.45) is 10.9 Å². The van der Waals surface area contributed by atoms with E-state index >= 15 is 0 Å². The number of carbonyl (C=O) groups is 1. The number of sulfonamides is 1. The molecule has 2 fully saturated rings. The highest BCUT2D eigenvalue weighted by Crippen LogP contribution is 2.25. The molecule has 1 heterocycles. The average molecular weight is 517 g/mol. The van der Waals surface area contributed by atoms with Gasteiger partial charge in [-0.15, -0.1) is 24.0 Å². The highest BCUT2D eigenvalue weighted by Gasteiger charge is 2.24. The Morgan fingerprint density at radius 1 is 1.22 bits per heavy atom. The Balaban J connectivity index is 0.00000364. The zero-order valence-electron chi connectivity index (χ0n) is 16.1. The lowest BCUT2D eigenvalue weighted by Crippen LogP contribution is -2.50. The fourth-order valence-corrected chi connectivity index (χ4v) is 4.05. The zero-order valence-corrected chi connectivity index (χ0v) is 19.2. The van der Waals surface area contributed by atoms with Gasteiger partial charge in [-0.3, -0.25) is 4.99 Å². The predicted molar refractivity (Wildman–Crippen MR) is 116 cm³/mol. The lowest BCUT2D eigenvalue weighted by Gasteiger charge is -2.32. The van der Waals surface area contributed by atoms with E-state index in [4.69, 9.17) is 4.74 Å². The molecule has 9 nitrogen and oxygen atoms in total. The summed E-state index contributed by atoms with van der Waals surface area (Å²) in [6.45, 7) is 2.09. The molecular formula is C16H32IN5O4S. The fraction of sp³-hybridized carbons (Fsp3) is 0.875. The lowest BCUT2D eigenvalue weighted by atomic mass is 9.86. The van der Waals surface area contributed by atoms with Crippen molar-refractivity contribution in [1.82, 2.24) is 20.3 Å². The van der Waals surface area contributed by atoms with Crippen LogP contribution in [0.5, 0.6) is 0 Å². The molecule has 1 aliphatic carbocycles. The summed E-state index contributed by atoms with van der Waals surface area (Å²) in [6.07, 6.45) is 4.71. The minimum atomic E-state index is -3.26. The van der Waals surface area contributed by atoms with Crippen LogP contribution in [0.15, 0.2) is 4.99 Å². The summed E-state index contributed by atoms with van der Waals surface area (Å²) < 4.78 is 31.4. The Hall–Kier alpha value is -0.820.